The highest BCUT2D eigenvalue weighted by atomic mass is 32.2. The Morgan fingerprint density at radius 3 is 2.11 bits per heavy atom. The fourth-order valence-corrected chi connectivity index (χ4v) is 2.94. The molecule has 0 spiro atoms. The van der Waals surface area contributed by atoms with Crippen molar-refractivity contribution in [2.24, 2.45) is 0 Å². The Hall–Kier alpha value is -1.81. The van der Waals surface area contributed by atoms with Crippen molar-refractivity contribution in [2.45, 2.75) is 23.6 Å². The molecule has 0 aliphatic heterocycles. The van der Waals surface area contributed by atoms with Crippen LogP contribution < -0.4 is 0 Å². The van der Waals surface area contributed by atoms with Gasteiger partial charge in [0.05, 0.1) is 10.8 Å². The summed E-state index contributed by atoms with van der Waals surface area (Å²) in [5.74, 6) is 0.355. The van der Waals surface area contributed by atoms with E-state index in [1.165, 1.54) is 12.1 Å². The monoisotopic (exact) mass is 262 g/mol. The minimum Gasteiger partial charge on any atom is -0.508 e. The van der Waals surface area contributed by atoms with Crippen molar-refractivity contribution in [1.82, 2.24) is 0 Å². The number of hydrogen-bond acceptors (Lipinski definition) is 3. The third-order valence-electron chi connectivity index (χ3n) is 2.96. The Morgan fingerprint density at radius 2 is 1.50 bits per heavy atom. The van der Waals surface area contributed by atoms with E-state index in [0.29, 0.717) is 9.79 Å². The van der Waals surface area contributed by atoms with Gasteiger partial charge in [0.15, 0.2) is 0 Å². The first-order valence-electron chi connectivity index (χ1n) is 5.50. The highest BCUT2D eigenvalue weighted by Gasteiger charge is 2.13. The first kappa shape index (κ1) is 12.6. The Kier molecular flexibility index (Phi) is 3.39. The number of rotatable bonds is 2. The molecule has 2 aromatic carbocycles. The van der Waals surface area contributed by atoms with Crippen LogP contribution in [0.15, 0.2) is 46.2 Å². The van der Waals surface area contributed by atoms with Crippen molar-refractivity contribution >= 4 is 10.8 Å². The molecule has 2 aromatic rings. The molecule has 0 saturated carbocycles. The molecule has 0 aromatic heterocycles. The second-order valence-electron chi connectivity index (χ2n) is 4.10. The van der Waals surface area contributed by atoms with E-state index in [-0.39, 0.29) is 11.5 Å². The molecule has 2 rings (SSSR count). The molecule has 0 aliphatic carbocycles. The Bertz CT molecular complexity index is 603. The molecule has 3 nitrogen and oxygen atoms in total. The number of phenolic OH excluding ortho intramolecular Hbond substituents is 2. The standard InChI is InChI=1S/C14H14O3S/c1-9-10(2)14(8-7-13(9)16)18(17)12-5-3-11(15)4-6-12/h3-8,15-16H,1-2H3. The van der Waals surface area contributed by atoms with Gasteiger partial charge in [0.1, 0.15) is 11.5 Å². The summed E-state index contributed by atoms with van der Waals surface area (Å²) in [6.45, 7) is 3.63. The Morgan fingerprint density at radius 1 is 0.889 bits per heavy atom. The first-order chi connectivity index (χ1) is 8.50. The zero-order chi connectivity index (χ0) is 13.3. The summed E-state index contributed by atoms with van der Waals surface area (Å²) in [7, 11) is -1.31. The lowest BCUT2D eigenvalue weighted by Gasteiger charge is -2.10. The quantitative estimate of drug-likeness (QED) is 0.875. The third kappa shape index (κ3) is 2.24. The van der Waals surface area contributed by atoms with Crippen LogP contribution in [0.2, 0.25) is 0 Å². The molecule has 2 N–H and O–H groups in total. The van der Waals surface area contributed by atoms with E-state index in [0.717, 1.165) is 11.1 Å². The molecule has 0 saturated heterocycles. The molecule has 0 radical (unpaired) electrons. The summed E-state index contributed by atoms with van der Waals surface area (Å²) >= 11 is 0. The Labute approximate surface area is 108 Å². The lowest BCUT2D eigenvalue weighted by atomic mass is 10.1. The molecule has 4 heteroatoms. The molecular formula is C14H14O3S. The van der Waals surface area contributed by atoms with Gasteiger partial charge in [-0.15, -0.1) is 0 Å². The average molecular weight is 262 g/mol. The molecule has 1 atom stereocenters. The summed E-state index contributed by atoms with van der Waals surface area (Å²) in [6, 6.07) is 9.50. The molecule has 0 aliphatic rings. The molecule has 0 fully saturated rings. The second kappa shape index (κ2) is 4.82. The second-order valence-corrected chi connectivity index (χ2v) is 5.54. The average Bonchev–Trinajstić information content (AvgIpc) is 2.36. The summed E-state index contributed by atoms with van der Waals surface area (Å²) in [5, 5.41) is 18.8. The maximum atomic E-state index is 12.4. The van der Waals surface area contributed by atoms with Gasteiger partial charge in [-0.3, -0.25) is 0 Å². The van der Waals surface area contributed by atoms with Crippen LogP contribution in [0.5, 0.6) is 11.5 Å². The Balaban J connectivity index is 2.46. The normalized spacial score (nSPS) is 12.3. The fraction of sp³-hybridized carbons (Fsp3) is 0.143. The van der Waals surface area contributed by atoms with E-state index < -0.39 is 10.8 Å². The van der Waals surface area contributed by atoms with Gasteiger partial charge in [0.2, 0.25) is 0 Å². The molecule has 1 unspecified atom stereocenters. The summed E-state index contributed by atoms with van der Waals surface area (Å²) in [5.41, 5.74) is 1.56. The van der Waals surface area contributed by atoms with E-state index in [1.807, 2.05) is 6.92 Å². The summed E-state index contributed by atoms with van der Waals surface area (Å²) in [6.07, 6.45) is 0. The van der Waals surface area contributed by atoms with Gasteiger partial charge in [-0.05, 0) is 61.4 Å². The third-order valence-corrected chi connectivity index (χ3v) is 4.50. The van der Waals surface area contributed by atoms with Crippen LogP contribution in [0, 0.1) is 13.8 Å². The van der Waals surface area contributed by atoms with Crippen LogP contribution in [-0.2, 0) is 10.8 Å². The first-order valence-corrected chi connectivity index (χ1v) is 6.65. The predicted molar refractivity (Wildman–Crippen MR) is 70.4 cm³/mol. The number of aromatic hydroxyl groups is 2. The molecule has 0 heterocycles. The van der Waals surface area contributed by atoms with Crippen LogP contribution in [0.4, 0.5) is 0 Å². The smallest absolute Gasteiger partial charge is 0.118 e. The molecule has 18 heavy (non-hydrogen) atoms. The van der Waals surface area contributed by atoms with Gasteiger partial charge >= 0.3 is 0 Å². The zero-order valence-electron chi connectivity index (χ0n) is 10.2. The van der Waals surface area contributed by atoms with E-state index in [2.05, 4.69) is 0 Å². The van der Waals surface area contributed by atoms with Crippen LogP contribution in [0.25, 0.3) is 0 Å². The molecule has 94 valence electrons. The highest BCUT2D eigenvalue weighted by Crippen LogP contribution is 2.28. The van der Waals surface area contributed by atoms with E-state index in [9.17, 15) is 14.4 Å². The number of benzene rings is 2. The van der Waals surface area contributed by atoms with Crippen LogP contribution in [0.1, 0.15) is 11.1 Å². The van der Waals surface area contributed by atoms with Crippen molar-refractivity contribution in [2.75, 3.05) is 0 Å². The largest absolute Gasteiger partial charge is 0.508 e. The van der Waals surface area contributed by atoms with Gasteiger partial charge in [0.25, 0.3) is 0 Å². The van der Waals surface area contributed by atoms with Gasteiger partial charge in [-0.1, -0.05) is 0 Å². The van der Waals surface area contributed by atoms with Crippen molar-refractivity contribution in [3.63, 3.8) is 0 Å². The summed E-state index contributed by atoms with van der Waals surface area (Å²) in [4.78, 5) is 1.30. The van der Waals surface area contributed by atoms with Gasteiger partial charge in [-0.2, -0.15) is 0 Å². The number of hydrogen-bond donors (Lipinski definition) is 2. The fourth-order valence-electron chi connectivity index (χ4n) is 1.68. The van der Waals surface area contributed by atoms with Crippen molar-refractivity contribution in [1.29, 1.82) is 0 Å². The molecular weight excluding hydrogens is 248 g/mol. The SMILES string of the molecule is Cc1c(O)ccc(S(=O)c2ccc(O)cc2)c1C. The maximum absolute atomic E-state index is 12.4. The van der Waals surface area contributed by atoms with E-state index >= 15 is 0 Å². The summed E-state index contributed by atoms with van der Waals surface area (Å²) < 4.78 is 12.4. The van der Waals surface area contributed by atoms with E-state index in [4.69, 9.17) is 0 Å². The van der Waals surface area contributed by atoms with Crippen molar-refractivity contribution in [3.05, 3.63) is 47.5 Å². The predicted octanol–water partition coefficient (Wildman–Crippen LogP) is 2.88. The minimum atomic E-state index is -1.31. The highest BCUT2D eigenvalue weighted by molar-refractivity contribution is 7.85. The number of phenols is 2. The topological polar surface area (TPSA) is 57.5 Å². The van der Waals surface area contributed by atoms with Crippen LogP contribution in [0.3, 0.4) is 0 Å². The lowest BCUT2D eigenvalue weighted by molar-refractivity contribution is 0.470. The van der Waals surface area contributed by atoms with Crippen molar-refractivity contribution < 1.29 is 14.4 Å². The van der Waals surface area contributed by atoms with E-state index in [1.54, 1.807) is 31.2 Å². The lowest BCUT2D eigenvalue weighted by Crippen LogP contribution is -1.97. The minimum absolute atomic E-state index is 0.148. The molecule has 0 amide bonds. The van der Waals surface area contributed by atoms with Gasteiger partial charge in [-0.25, -0.2) is 4.21 Å². The zero-order valence-corrected chi connectivity index (χ0v) is 11.0. The van der Waals surface area contributed by atoms with Gasteiger partial charge < -0.3 is 10.2 Å². The molecule has 0 bridgehead atoms. The van der Waals surface area contributed by atoms with Crippen LogP contribution >= 0.6 is 0 Å². The van der Waals surface area contributed by atoms with Crippen molar-refractivity contribution in [3.8, 4) is 11.5 Å². The van der Waals surface area contributed by atoms with Crippen LogP contribution in [-0.4, -0.2) is 14.4 Å². The van der Waals surface area contributed by atoms with Gasteiger partial charge in [0, 0.05) is 9.79 Å². The maximum Gasteiger partial charge on any atom is 0.118 e.